The van der Waals surface area contributed by atoms with Crippen molar-refractivity contribution in [3.05, 3.63) is 89.7 Å². The number of carbonyl (C=O) groups is 2. The van der Waals surface area contributed by atoms with Crippen LogP contribution in [0.3, 0.4) is 0 Å². The number of thioether (sulfide) groups is 1. The van der Waals surface area contributed by atoms with E-state index in [-0.39, 0.29) is 34.5 Å². The van der Waals surface area contributed by atoms with Crippen LogP contribution >= 0.6 is 24.0 Å². The van der Waals surface area contributed by atoms with Gasteiger partial charge in [0.15, 0.2) is 11.0 Å². The van der Waals surface area contributed by atoms with Gasteiger partial charge < -0.3 is 10.1 Å². The zero-order valence-corrected chi connectivity index (χ0v) is 26.7. The molecule has 0 radical (unpaired) electrons. The van der Waals surface area contributed by atoms with Gasteiger partial charge in [0, 0.05) is 11.6 Å². The predicted molar refractivity (Wildman–Crippen MR) is 177 cm³/mol. The molecule has 1 aliphatic heterocycles. The SMILES string of the molecule is CC(C)c1ccccc1N1C(=O)CSC1=NC(=S)NC(=O)NC1Cc2ccc(-c3ncn(-c4ccc(OC(F)(F)F)cc4)n3)cc2C1. The molecule has 0 bridgehead atoms. The Morgan fingerprint density at radius 2 is 1.83 bits per heavy atom. The standard InChI is InChI=1S/C32H28F3N7O3S2/c1-18(2)25-5-3-4-6-26(25)42-27(43)16-47-31(42)39-30(46)38-29(44)37-22-14-19-7-8-20(13-21(19)15-22)28-36-17-41(40-28)23-9-11-24(12-10-23)45-32(33,34)35/h3-13,17-18,22H,14-16H2,1-2H3,(H2,37,38,44,46). The molecule has 6 rings (SSSR count). The summed E-state index contributed by atoms with van der Waals surface area (Å²) in [6, 6.07) is 18.1. The number of anilines is 1. The smallest absolute Gasteiger partial charge is 0.406 e. The van der Waals surface area contributed by atoms with Gasteiger partial charge in [-0.3, -0.25) is 15.0 Å². The number of hydrogen-bond donors (Lipinski definition) is 2. The van der Waals surface area contributed by atoms with Crippen LogP contribution in [0.15, 0.2) is 78.0 Å². The Balaban J connectivity index is 1.06. The lowest BCUT2D eigenvalue weighted by molar-refractivity contribution is -0.274. The first-order valence-electron chi connectivity index (χ1n) is 14.6. The molecule has 1 fully saturated rings. The molecule has 4 aromatic rings. The highest BCUT2D eigenvalue weighted by atomic mass is 32.2. The summed E-state index contributed by atoms with van der Waals surface area (Å²) in [6.45, 7) is 4.11. The maximum absolute atomic E-state index is 12.9. The second kappa shape index (κ2) is 13.2. The first kappa shape index (κ1) is 32.2. The number of urea groups is 1. The number of halogens is 3. The van der Waals surface area contributed by atoms with Gasteiger partial charge in [0.1, 0.15) is 12.1 Å². The van der Waals surface area contributed by atoms with E-state index in [1.807, 2.05) is 42.5 Å². The molecule has 47 heavy (non-hydrogen) atoms. The Labute approximate surface area is 277 Å². The number of ether oxygens (including phenoxy) is 1. The van der Waals surface area contributed by atoms with Crippen LogP contribution in [0.4, 0.5) is 23.7 Å². The van der Waals surface area contributed by atoms with Crippen LogP contribution in [0.25, 0.3) is 17.1 Å². The average Bonchev–Trinajstić information content (AvgIpc) is 3.74. The maximum atomic E-state index is 12.9. The number of rotatable bonds is 6. The van der Waals surface area contributed by atoms with Crippen molar-refractivity contribution in [2.45, 2.75) is 45.0 Å². The molecule has 2 heterocycles. The van der Waals surface area contributed by atoms with Gasteiger partial charge in [-0.15, -0.1) is 18.3 Å². The highest BCUT2D eigenvalue weighted by molar-refractivity contribution is 8.15. The Hall–Kier alpha value is -4.76. The summed E-state index contributed by atoms with van der Waals surface area (Å²) < 4.78 is 42.8. The van der Waals surface area contributed by atoms with Gasteiger partial charge in [0.25, 0.3) is 0 Å². The molecule has 1 aromatic heterocycles. The van der Waals surface area contributed by atoms with Crippen molar-refractivity contribution >= 4 is 51.9 Å². The van der Waals surface area contributed by atoms with E-state index in [4.69, 9.17) is 12.2 Å². The van der Waals surface area contributed by atoms with Gasteiger partial charge >= 0.3 is 12.4 Å². The normalized spacial score (nSPS) is 16.9. The average molecular weight is 680 g/mol. The van der Waals surface area contributed by atoms with Crippen LogP contribution in [0.1, 0.15) is 36.5 Å². The lowest BCUT2D eigenvalue weighted by atomic mass is 10.0. The van der Waals surface area contributed by atoms with Crippen molar-refractivity contribution in [1.29, 1.82) is 0 Å². The number of carbonyl (C=O) groups excluding carboxylic acids is 2. The number of alkyl halides is 3. The minimum absolute atomic E-state index is 0.0475. The highest BCUT2D eigenvalue weighted by Crippen LogP contribution is 2.33. The second-order valence-corrected chi connectivity index (χ2v) is 12.5. The summed E-state index contributed by atoms with van der Waals surface area (Å²) in [5.41, 5.74) is 5.14. The van der Waals surface area contributed by atoms with Crippen LogP contribution in [0.5, 0.6) is 5.75 Å². The fraction of sp³-hybridized carbons (Fsp3) is 0.250. The van der Waals surface area contributed by atoms with Crippen molar-refractivity contribution in [3.63, 3.8) is 0 Å². The van der Waals surface area contributed by atoms with Crippen molar-refractivity contribution in [2.75, 3.05) is 10.7 Å². The molecule has 1 saturated heterocycles. The van der Waals surface area contributed by atoms with Crippen LogP contribution in [-0.2, 0) is 17.6 Å². The van der Waals surface area contributed by atoms with E-state index in [9.17, 15) is 22.8 Å². The largest absolute Gasteiger partial charge is 0.573 e. The molecule has 2 aliphatic rings. The Bertz CT molecular complexity index is 1880. The lowest BCUT2D eigenvalue weighted by Crippen LogP contribution is -2.44. The second-order valence-electron chi connectivity index (χ2n) is 11.2. The summed E-state index contributed by atoms with van der Waals surface area (Å²) in [5, 5.41) is 10.4. The molecular formula is C32H28F3N7O3S2. The lowest BCUT2D eigenvalue weighted by Gasteiger charge is -2.21. The highest BCUT2D eigenvalue weighted by Gasteiger charge is 2.33. The van der Waals surface area contributed by atoms with Crippen LogP contribution in [0.2, 0.25) is 0 Å². The zero-order valence-electron chi connectivity index (χ0n) is 25.1. The van der Waals surface area contributed by atoms with E-state index < -0.39 is 12.4 Å². The molecule has 3 amide bonds. The minimum atomic E-state index is -4.77. The fourth-order valence-corrected chi connectivity index (χ4v) is 6.58. The van der Waals surface area contributed by atoms with E-state index >= 15 is 0 Å². The third-order valence-corrected chi connectivity index (χ3v) is 8.66. The predicted octanol–water partition coefficient (Wildman–Crippen LogP) is 6.14. The molecule has 1 atom stereocenters. The van der Waals surface area contributed by atoms with Crippen LogP contribution in [0, 0.1) is 0 Å². The number of benzene rings is 3. The molecule has 1 aliphatic carbocycles. The van der Waals surface area contributed by atoms with Crippen LogP contribution < -0.4 is 20.3 Å². The molecule has 2 N–H and O–H groups in total. The van der Waals surface area contributed by atoms with Crippen molar-refractivity contribution in [1.82, 2.24) is 25.4 Å². The Morgan fingerprint density at radius 1 is 1.09 bits per heavy atom. The first-order chi connectivity index (χ1) is 22.4. The molecule has 0 saturated carbocycles. The number of amides is 3. The summed E-state index contributed by atoms with van der Waals surface area (Å²) in [6.07, 6.45) is -2.10. The summed E-state index contributed by atoms with van der Waals surface area (Å²) in [7, 11) is 0. The summed E-state index contributed by atoms with van der Waals surface area (Å²) in [4.78, 5) is 35.9. The number of para-hydroxylation sites is 1. The molecule has 1 unspecified atom stereocenters. The van der Waals surface area contributed by atoms with E-state index in [1.165, 1.54) is 47.0 Å². The van der Waals surface area contributed by atoms with Gasteiger partial charge in [-0.2, -0.15) is 4.99 Å². The number of aliphatic imine (C=N–C) groups is 1. The molecule has 3 aromatic carbocycles. The number of nitrogens with zero attached hydrogens (tertiary/aromatic N) is 5. The monoisotopic (exact) mass is 679 g/mol. The van der Waals surface area contributed by atoms with Gasteiger partial charge in [-0.1, -0.05) is 55.9 Å². The van der Waals surface area contributed by atoms with Gasteiger partial charge in [-0.05, 0) is 84.1 Å². The summed E-state index contributed by atoms with van der Waals surface area (Å²) in [5.74, 6) is 0.430. The maximum Gasteiger partial charge on any atom is 0.573 e. The van der Waals surface area contributed by atoms with Gasteiger partial charge in [-0.25, -0.2) is 14.5 Å². The molecular weight excluding hydrogens is 652 g/mol. The van der Waals surface area contributed by atoms with Crippen molar-refractivity contribution in [3.8, 4) is 22.8 Å². The minimum Gasteiger partial charge on any atom is -0.406 e. The third-order valence-electron chi connectivity index (χ3n) is 7.54. The topological polar surface area (TPSA) is 114 Å². The van der Waals surface area contributed by atoms with E-state index in [1.54, 1.807) is 4.90 Å². The van der Waals surface area contributed by atoms with Gasteiger partial charge in [0.05, 0.1) is 17.1 Å². The number of nitrogens with one attached hydrogen (secondary N) is 2. The van der Waals surface area contributed by atoms with E-state index in [0.717, 1.165) is 27.9 Å². The third kappa shape index (κ3) is 7.46. The Morgan fingerprint density at radius 3 is 2.57 bits per heavy atom. The molecule has 15 heteroatoms. The van der Waals surface area contributed by atoms with E-state index in [0.29, 0.717) is 29.5 Å². The van der Waals surface area contributed by atoms with Crippen molar-refractivity contribution < 1.29 is 27.5 Å². The number of thiocarbonyl (C=S) groups is 1. The van der Waals surface area contributed by atoms with Crippen LogP contribution in [-0.4, -0.2) is 55.1 Å². The molecule has 10 nitrogen and oxygen atoms in total. The Kier molecular flexibility index (Phi) is 9.01. The first-order valence-corrected chi connectivity index (χ1v) is 16.0. The van der Waals surface area contributed by atoms with Gasteiger partial charge in [0.2, 0.25) is 11.0 Å². The number of aromatic nitrogens is 3. The summed E-state index contributed by atoms with van der Waals surface area (Å²) >= 11 is 6.63. The number of amidine groups is 1. The fourth-order valence-electron chi connectivity index (χ4n) is 5.47. The quantitative estimate of drug-likeness (QED) is 0.235. The number of hydrogen-bond acceptors (Lipinski definition) is 7. The van der Waals surface area contributed by atoms with E-state index in [2.05, 4.69) is 44.3 Å². The molecule has 242 valence electrons. The molecule has 0 spiro atoms. The number of fused-ring (bicyclic) bond motifs is 1. The van der Waals surface area contributed by atoms with Crippen molar-refractivity contribution in [2.24, 2.45) is 4.99 Å². The zero-order chi connectivity index (χ0) is 33.3.